The van der Waals surface area contributed by atoms with Gasteiger partial charge in [-0.1, -0.05) is 18.2 Å². The molecule has 1 unspecified atom stereocenters. The van der Waals surface area contributed by atoms with Gasteiger partial charge in [-0.15, -0.1) is 0 Å². The molecule has 3 heterocycles. The second-order valence-electron chi connectivity index (χ2n) is 11.2. The van der Waals surface area contributed by atoms with E-state index in [0.717, 1.165) is 18.4 Å². The Morgan fingerprint density at radius 3 is 2.49 bits per heavy atom. The Bertz CT molecular complexity index is 1470. The van der Waals surface area contributed by atoms with Crippen molar-refractivity contribution < 1.29 is 22.7 Å². The predicted molar refractivity (Wildman–Crippen MR) is 140 cm³/mol. The Morgan fingerprint density at radius 2 is 1.84 bits per heavy atom. The molecule has 0 bridgehead atoms. The number of benzene rings is 1. The van der Waals surface area contributed by atoms with Crippen LogP contribution in [0.3, 0.4) is 0 Å². The fraction of sp³-hybridized carbons (Fsp3) is 0.444. The Kier molecular flexibility index (Phi) is 6.05. The summed E-state index contributed by atoms with van der Waals surface area (Å²) in [7, 11) is -3.84. The van der Waals surface area contributed by atoms with Gasteiger partial charge < -0.3 is 15.4 Å². The molecule has 2 aromatic heterocycles. The fourth-order valence-electron chi connectivity index (χ4n) is 5.49. The molecule has 1 saturated carbocycles. The topological polar surface area (TPSA) is 119 Å². The maximum atomic E-state index is 13.3. The van der Waals surface area contributed by atoms with Gasteiger partial charge in [-0.25, -0.2) is 22.2 Å². The third-order valence-electron chi connectivity index (χ3n) is 7.28. The van der Waals surface area contributed by atoms with Gasteiger partial charge in [-0.3, -0.25) is 4.79 Å². The average Bonchev–Trinajstić information content (AvgIpc) is 3.39. The Labute approximate surface area is 216 Å². The van der Waals surface area contributed by atoms with E-state index in [2.05, 4.69) is 15.6 Å². The van der Waals surface area contributed by atoms with E-state index in [1.807, 2.05) is 27.7 Å². The van der Waals surface area contributed by atoms with E-state index in [1.54, 1.807) is 42.6 Å². The van der Waals surface area contributed by atoms with Crippen molar-refractivity contribution in [2.24, 2.45) is 5.92 Å². The number of nitrogens with one attached hydrogen (secondary N) is 2. The average molecular weight is 525 g/mol. The lowest BCUT2D eigenvalue weighted by atomic mass is 9.71. The predicted octanol–water partition coefficient (Wildman–Crippen LogP) is 4.78. The molecule has 2 amide bonds. The van der Waals surface area contributed by atoms with E-state index in [-0.39, 0.29) is 16.7 Å². The second kappa shape index (κ2) is 8.86. The highest BCUT2D eigenvalue weighted by molar-refractivity contribution is 7.90. The van der Waals surface area contributed by atoms with Crippen molar-refractivity contribution in [3.05, 3.63) is 54.4 Å². The van der Waals surface area contributed by atoms with Gasteiger partial charge in [-0.2, -0.15) is 0 Å². The van der Waals surface area contributed by atoms with E-state index in [9.17, 15) is 18.0 Å². The molecule has 0 spiro atoms. The van der Waals surface area contributed by atoms with Crippen LogP contribution >= 0.6 is 0 Å². The van der Waals surface area contributed by atoms with Crippen molar-refractivity contribution in [3.63, 3.8) is 0 Å². The number of amides is 2. The zero-order chi connectivity index (χ0) is 26.6. The quantitative estimate of drug-likeness (QED) is 0.507. The van der Waals surface area contributed by atoms with Gasteiger partial charge in [0.15, 0.2) is 5.65 Å². The first-order valence-electron chi connectivity index (χ1n) is 12.5. The minimum Gasteiger partial charge on any atom is -0.444 e. The Hall–Kier alpha value is -3.40. The van der Waals surface area contributed by atoms with Gasteiger partial charge in [0.25, 0.3) is 10.0 Å². The molecule has 0 saturated heterocycles. The number of pyridine rings is 1. The molecule has 2 aliphatic rings. The van der Waals surface area contributed by atoms with E-state index in [4.69, 9.17) is 4.74 Å². The molecule has 196 valence electrons. The number of ether oxygens (including phenoxy) is 1. The summed E-state index contributed by atoms with van der Waals surface area (Å²) in [6, 6.07) is 9.94. The van der Waals surface area contributed by atoms with Gasteiger partial charge in [0.1, 0.15) is 5.60 Å². The standard InChI is InChI=1S/C27H32N4O5S/c1-26(2,3)36-25(33)30-27(4)13-10-17(11-14-27)21-22-19-12-15-31(23(19)28-16-20(22)29-24(21)32)37(34,35)18-8-6-5-7-9-18/h5-9,12,15-17,21H,10-11,13-14H2,1-4H3,(H,29,32)(H,30,33). The zero-order valence-electron chi connectivity index (χ0n) is 21.4. The van der Waals surface area contributed by atoms with Crippen LogP contribution in [-0.2, 0) is 19.6 Å². The summed E-state index contributed by atoms with van der Waals surface area (Å²) in [4.78, 5) is 30.1. The summed E-state index contributed by atoms with van der Waals surface area (Å²) in [5.74, 6) is -0.465. The van der Waals surface area contributed by atoms with Crippen molar-refractivity contribution in [1.29, 1.82) is 0 Å². The summed E-state index contributed by atoms with van der Waals surface area (Å²) in [5.41, 5.74) is 0.726. The SMILES string of the molecule is CC1(NC(=O)OC(C)(C)C)CCC(C2C(=O)Nc3cnc4c(ccn4S(=O)(=O)c4ccccc4)c32)CC1. The molecule has 5 rings (SSSR count). The van der Waals surface area contributed by atoms with E-state index < -0.39 is 33.2 Å². The zero-order valence-corrected chi connectivity index (χ0v) is 22.3. The van der Waals surface area contributed by atoms with Crippen molar-refractivity contribution in [3.8, 4) is 0 Å². The highest BCUT2D eigenvalue weighted by atomic mass is 32.2. The van der Waals surface area contributed by atoms with Crippen LogP contribution in [-0.4, -0.2) is 40.5 Å². The van der Waals surface area contributed by atoms with Crippen LogP contribution in [0.25, 0.3) is 11.0 Å². The molecule has 1 aromatic carbocycles. The smallest absolute Gasteiger partial charge is 0.408 e. The number of rotatable bonds is 4. The number of aromatic nitrogens is 2. The molecule has 0 radical (unpaired) electrons. The van der Waals surface area contributed by atoms with Crippen molar-refractivity contribution >= 4 is 38.7 Å². The number of nitrogens with zero attached hydrogens (tertiary/aromatic N) is 2. The molecule has 1 aliphatic heterocycles. The number of hydrogen-bond acceptors (Lipinski definition) is 6. The third-order valence-corrected chi connectivity index (χ3v) is 8.96. The lowest BCUT2D eigenvalue weighted by Crippen LogP contribution is -2.50. The van der Waals surface area contributed by atoms with Crippen LogP contribution in [0.4, 0.5) is 10.5 Å². The van der Waals surface area contributed by atoms with Crippen molar-refractivity contribution in [2.75, 3.05) is 5.32 Å². The number of fused-ring (bicyclic) bond motifs is 3. The summed E-state index contributed by atoms with van der Waals surface area (Å²) in [6.07, 6.45) is 5.48. The number of carbonyl (C=O) groups is 2. The highest BCUT2D eigenvalue weighted by Gasteiger charge is 2.43. The van der Waals surface area contributed by atoms with Crippen LogP contribution in [0.5, 0.6) is 0 Å². The Balaban J connectivity index is 1.41. The molecule has 10 heteroatoms. The highest BCUT2D eigenvalue weighted by Crippen LogP contribution is 2.47. The summed E-state index contributed by atoms with van der Waals surface area (Å²) >= 11 is 0. The van der Waals surface area contributed by atoms with E-state index in [1.165, 1.54) is 10.2 Å². The molecule has 1 aliphatic carbocycles. The molecule has 1 atom stereocenters. The van der Waals surface area contributed by atoms with E-state index in [0.29, 0.717) is 29.6 Å². The molecular weight excluding hydrogens is 492 g/mol. The first-order chi connectivity index (χ1) is 17.4. The first kappa shape index (κ1) is 25.3. The van der Waals surface area contributed by atoms with Gasteiger partial charge in [0.2, 0.25) is 5.91 Å². The normalized spacial score (nSPS) is 23.9. The van der Waals surface area contributed by atoms with Crippen LogP contribution in [0.2, 0.25) is 0 Å². The van der Waals surface area contributed by atoms with Crippen LogP contribution in [0.15, 0.2) is 53.7 Å². The summed E-state index contributed by atoms with van der Waals surface area (Å²) in [5, 5.41) is 6.62. The van der Waals surface area contributed by atoms with E-state index >= 15 is 0 Å². The maximum Gasteiger partial charge on any atom is 0.408 e. The molecule has 2 N–H and O–H groups in total. The van der Waals surface area contributed by atoms with Gasteiger partial charge in [-0.05, 0) is 77.5 Å². The largest absolute Gasteiger partial charge is 0.444 e. The van der Waals surface area contributed by atoms with Crippen LogP contribution in [0, 0.1) is 5.92 Å². The van der Waals surface area contributed by atoms with Gasteiger partial charge in [0, 0.05) is 22.7 Å². The van der Waals surface area contributed by atoms with Crippen LogP contribution < -0.4 is 10.6 Å². The molecule has 3 aromatic rings. The molecule has 1 fully saturated rings. The lowest BCUT2D eigenvalue weighted by Gasteiger charge is -2.39. The molecule has 37 heavy (non-hydrogen) atoms. The lowest BCUT2D eigenvalue weighted by molar-refractivity contribution is -0.118. The second-order valence-corrected chi connectivity index (χ2v) is 13.1. The maximum absolute atomic E-state index is 13.3. The monoisotopic (exact) mass is 524 g/mol. The van der Waals surface area contributed by atoms with Crippen molar-refractivity contribution in [1.82, 2.24) is 14.3 Å². The van der Waals surface area contributed by atoms with Gasteiger partial charge >= 0.3 is 6.09 Å². The number of anilines is 1. The third kappa shape index (κ3) is 4.70. The first-order valence-corrected chi connectivity index (χ1v) is 13.9. The van der Waals surface area contributed by atoms with Crippen molar-refractivity contribution in [2.45, 2.75) is 75.3 Å². The molecular formula is C27H32N4O5S. The Morgan fingerprint density at radius 1 is 1.16 bits per heavy atom. The van der Waals surface area contributed by atoms with Crippen LogP contribution in [0.1, 0.15) is 64.9 Å². The molecule has 9 nitrogen and oxygen atoms in total. The number of hydrogen-bond donors (Lipinski definition) is 2. The summed E-state index contributed by atoms with van der Waals surface area (Å²) < 4.78 is 33.2. The number of alkyl carbamates (subject to hydrolysis) is 1. The number of carbonyl (C=O) groups excluding carboxylic acids is 2. The fourth-order valence-corrected chi connectivity index (χ4v) is 6.82. The summed E-state index contributed by atoms with van der Waals surface area (Å²) in [6.45, 7) is 7.49. The minimum atomic E-state index is -3.84. The minimum absolute atomic E-state index is 0.0504. The van der Waals surface area contributed by atoms with Gasteiger partial charge in [0.05, 0.1) is 22.7 Å².